The normalized spacial score (nSPS) is 11.6. The molecule has 0 aliphatic heterocycles. The molecule has 12 aromatic heterocycles. The largest absolute Gasteiger partial charge is 0.385 e. The van der Waals surface area contributed by atoms with Gasteiger partial charge < -0.3 is 45.6 Å². The number of fused-ring (bicyclic) bond motifs is 4. The fraction of sp³-hybridized carbons (Fsp3) is 0.196. The van der Waals surface area contributed by atoms with E-state index in [4.69, 9.17) is 34.6 Å². The number of hydrogen-bond acceptors (Lipinski definition) is 21. The van der Waals surface area contributed by atoms with Crippen molar-refractivity contribution in [2.75, 3.05) is 97.9 Å². The van der Waals surface area contributed by atoms with E-state index < -0.39 is 23.3 Å². The van der Waals surface area contributed by atoms with Gasteiger partial charge in [-0.15, -0.1) is 0 Å². The highest BCUT2D eigenvalue weighted by Gasteiger charge is 2.26. The van der Waals surface area contributed by atoms with Crippen molar-refractivity contribution in [1.82, 2.24) is 97.0 Å². The molecular formula is C107H102F8N24O. The van der Waals surface area contributed by atoms with Gasteiger partial charge in [-0.05, 0) is 310 Å². The summed E-state index contributed by atoms with van der Waals surface area (Å²) in [4.78, 5) is 64.1. The Balaban J connectivity index is 0.000000135. The molecule has 0 aliphatic carbocycles. The molecule has 0 aliphatic rings. The minimum absolute atomic E-state index is 0.0128. The molecule has 140 heavy (non-hydrogen) atoms. The van der Waals surface area contributed by atoms with Crippen molar-refractivity contribution in [3.8, 4) is 90.6 Å². The van der Waals surface area contributed by atoms with Crippen LogP contribution in [0.1, 0.15) is 63.9 Å². The van der Waals surface area contributed by atoms with Crippen molar-refractivity contribution in [2.45, 2.75) is 65.6 Å². The highest BCUT2D eigenvalue weighted by atomic mass is 19.2. The summed E-state index contributed by atoms with van der Waals surface area (Å²) in [5.74, 6) is -2.43. The standard InChI is InChI=1S/C29H29FN6.2C27H23F3N6.C24H27FN6O/c1-19-5-7-22(8-6-19)20(2)32-29-31-15-13-25(33-29)28-27(23-9-11-24(30)12-10-23)34-26-17-21(18-35(3)4)14-16-36(26)28;1-35(2)16-18-10-12-36-24(14-18)34-25(19-4-6-20(28)7-5-19)26(36)23-9-11-31-27(33-23)32-15-17-3-8-21(29)22(30)13-17;1-35(2)16-17-10-12-36-24(13-17)34-25(18-3-5-20(28)6-4-18)26(36)23-9-11-31-27(33-23)32-15-19-14-21(29)7-8-22(19)30;1-30(2)16-17-10-13-31-21(15-17)29-22(18-5-7-19(25)8-6-18)23(31)20-9-12-27-24(28-20)26-11-4-14-32-3/h5-17,20H,18H2,1-4H3,(H,31,32,33);2*3-14H,15-16H2,1-2H3,(H,31,32,33);5-10,12-13,15H,4,11,14,16H2,1-3H3,(H,26,27,28). The first-order chi connectivity index (χ1) is 67.7. The summed E-state index contributed by atoms with van der Waals surface area (Å²) in [5, 5.41) is 12.7. The third kappa shape index (κ3) is 24.2. The van der Waals surface area contributed by atoms with Crippen LogP contribution >= 0.6 is 0 Å². The van der Waals surface area contributed by atoms with Crippen LogP contribution in [0.3, 0.4) is 0 Å². The third-order valence-electron chi connectivity index (χ3n) is 22.4. The number of rotatable bonds is 30. The monoisotopic (exact) mass is 1890 g/mol. The van der Waals surface area contributed by atoms with Crippen LogP contribution in [0.15, 0.2) is 280 Å². The van der Waals surface area contributed by atoms with Gasteiger partial charge >= 0.3 is 0 Å². The zero-order valence-corrected chi connectivity index (χ0v) is 78.9. The van der Waals surface area contributed by atoms with Gasteiger partial charge in [-0.2, -0.15) is 0 Å². The van der Waals surface area contributed by atoms with Crippen LogP contribution in [0, 0.1) is 53.5 Å². The number of nitrogens with one attached hydrogen (secondary N) is 4. The maximum atomic E-state index is 14.0. The van der Waals surface area contributed by atoms with E-state index in [9.17, 15) is 35.1 Å². The average molecular weight is 1890 g/mol. The zero-order valence-electron chi connectivity index (χ0n) is 78.9. The van der Waals surface area contributed by atoms with Gasteiger partial charge in [0.15, 0.2) is 11.6 Å². The van der Waals surface area contributed by atoms with Crippen molar-refractivity contribution in [2.24, 2.45) is 0 Å². The number of pyridine rings is 4. The second kappa shape index (κ2) is 44.5. The smallest absolute Gasteiger partial charge is 0.223 e. The molecule has 0 saturated carbocycles. The molecule has 0 saturated heterocycles. The number of methoxy groups -OCH3 is 1. The molecular weight excluding hydrogens is 1790 g/mol. The van der Waals surface area contributed by atoms with E-state index >= 15 is 0 Å². The van der Waals surface area contributed by atoms with Crippen molar-refractivity contribution in [3.63, 3.8) is 0 Å². The van der Waals surface area contributed by atoms with Crippen LogP contribution in [0.25, 0.3) is 113 Å². The lowest BCUT2D eigenvalue weighted by Gasteiger charge is -2.15. The van der Waals surface area contributed by atoms with Crippen LogP contribution in [-0.2, 0) is 44.0 Å². The Morgan fingerprint density at radius 3 is 1.00 bits per heavy atom. The van der Waals surface area contributed by atoms with Crippen LogP contribution in [0.2, 0.25) is 0 Å². The topological polar surface area (TPSA) is 243 Å². The summed E-state index contributed by atoms with van der Waals surface area (Å²) in [6, 6.07) is 64.2. The molecule has 19 aromatic rings. The molecule has 1 unspecified atom stereocenters. The van der Waals surface area contributed by atoms with E-state index in [-0.39, 0.29) is 53.9 Å². The molecule has 4 N–H and O–H groups in total. The molecule has 0 fully saturated rings. The van der Waals surface area contributed by atoms with E-state index in [1.54, 1.807) is 92.6 Å². The van der Waals surface area contributed by atoms with E-state index in [1.165, 1.54) is 60.2 Å². The number of hydrogen-bond donors (Lipinski definition) is 4. The molecule has 0 amide bonds. The second-order valence-corrected chi connectivity index (χ2v) is 34.6. The van der Waals surface area contributed by atoms with Gasteiger partial charge in [-0.25, -0.2) is 94.9 Å². The first-order valence-corrected chi connectivity index (χ1v) is 45.1. The summed E-state index contributed by atoms with van der Waals surface area (Å²) in [7, 11) is 17.8. The Labute approximate surface area is 804 Å². The maximum absolute atomic E-state index is 14.0. The number of ether oxygens (including phenoxy) is 1. The third-order valence-corrected chi connectivity index (χ3v) is 22.4. The van der Waals surface area contributed by atoms with Crippen LogP contribution < -0.4 is 21.3 Å². The maximum Gasteiger partial charge on any atom is 0.223 e. The van der Waals surface area contributed by atoms with Gasteiger partial charge in [-0.3, -0.25) is 17.6 Å². The van der Waals surface area contributed by atoms with Crippen molar-refractivity contribution >= 4 is 46.4 Å². The first-order valence-electron chi connectivity index (χ1n) is 45.1. The van der Waals surface area contributed by atoms with Crippen molar-refractivity contribution in [1.29, 1.82) is 0 Å². The molecule has 19 rings (SSSR count). The molecule has 12 heterocycles. The molecule has 0 bridgehead atoms. The minimum atomic E-state index is -0.910. The van der Waals surface area contributed by atoms with Gasteiger partial charge in [-0.1, -0.05) is 35.9 Å². The Morgan fingerprint density at radius 1 is 0.321 bits per heavy atom. The molecule has 0 spiro atoms. The molecule has 7 aromatic carbocycles. The SMILES string of the molecule is CN(C)Cc1ccn2c(-c3ccnc(NCc4cc(F)ccc4F)n3)c(-c3ccc(F)cc3)nc2c1.CN(C)Cc1ccn2c(-c3ccnc(NCc4ccc(F)c(F)c4)n3)c(-c3ccc(F)cc3)nc2c1.COCCCNc1nccc(-c2c(-c3ccc(F)cc3)nc3cc(CN(C)C)ccn23)n1.Cc1ccc(C(C)Nc2nccc(-c3c(-c4ccc(F)cc4)nc4cc(CN(C)C)ccn34)n2)cc1. The zero-order chi connectivity index (χ0) is 98.2. The lowest BCUT2D eigenvalue weighted by molar-refractivity contribution is 0.197. The average Bonchev–Trinajstić information content (AvgIpc) is 1.63. The summed E-state index contributed by atoms with van der Waals surface area (Å²) in [6.45, 7) is 8.91. The molecule has 25 nitrogen and oxygen atoms in total. The van der Waals surface area contributed by atoms with E-state index in [2.05, 4.69) is 133 Å². The summed E-state index contributed by atoms with van der Waals surface area (Å²) in [6.07, 6.45) is 15.4. The lowest BCUT2D eigenvalue weighted by Crippen LogP contribution is -2.11. The number of benzene rings is 7. The number of halogens is 8. The van der Waals surface area contributed by atoms with Crippen LogP contribution in [0.5, 0.6) is 0 Å². The van der Waals surface area contributed by atoms with Crippen LogP contribution in [0.4, 0.5) is 58.9 Å². The Bertz CT molecular complexity index is 7500. The Hall–Kier alpha value is -15.9. The van der Waals surface area contributed by atoms with Crippen molar-refractivity contribution in [3.05, 3.63) is 371 Å². The quantitative estimate of drug-likeness (QED) is 0.0241. The number of aryl methyl sites for hydroxylation is 1. The molecule has 0 radical (unpaired) electrons. The van der Waals surface area contributed by atoms with Crippen molar-refractivity contribution < 1.29 is 39.9 Å². The molecule has 712 valence electrons. The number of aromatic nitrogens is 16. The van der Waals surface area contributed by atoms with Gasteiger partial charge in [0.1, 0.15) is 57.5 Å². The molecule has 33 heteroatoms. The fourth-order valence-corrected chi connectivity index (χ4v) is 15.9. The summed E-state index contributed by atoms with van der Waals surface area (Å²) < 4.78 is 122. The van der Waals surface area contributed by atoms with Gasteiger partial charge in [0, 0.05) is 137 Å². The van der Waals surface area contributed by atoms with Gasteiger partial charge in [0.05, 0.1) is 74.4 Å². The highest BCUT2D eigenvalue weighted by molar-refractivity contribution is 5.85. The van der Waals surface area contributed by atoms with E-state index in [0.717, 1.165) is 175 Å². The van der Waals surface area contributed by atoms with E-state index in [1.807, 2.05) is 135 Å². The summed E-state index contributed by atoms with van der Waals surface area (Å²) in [5.41, 5.74) is 22.4. The minimum Gasteiger partial charge on any atom is -0.385 e. The Morgan fingerprint density at radius 2 is 0.650 bits per heavy atom. The van der Waals surface area contributed by atoms with Gasteiger partial charge in [0.25, 0.3) is 0 Å². The fourth-order valence-electron chi connectivity index (χ4n) is 15.9. The molecule has 1 atom stereocenters. The predicted molar refractivity (Wildman–Crippen MR) is 532 cm³/mol. The number of imidazole rings is 4. The second-order valence-electron chi connectivity index (χ2n) is 34.6. The summed E-state index contributed by atoms with van der Waals surface area (Å²) >= 11 is 0. The number of anilines is 4. The first kappa shape index (κ1) is 97.2. The number of nitrogens with zero attached hydrogens (tertiary/aromatic N) is 20. The predicted octanol–water partition coefficient (Wildman–Crippen LogP) is 21.3. The Kier molecular flexibility index (Phi) is 30.9. The van der Waals surface area contributed by atoms with Gasteiger partial charge in [0.2, 0.25) is 23.8 Å². The highest BCUT2D eigenvalue weighted by Crippen LogP contribution is 2.39. The lowest BCUT2D eigenvalue weighted by atomic mass is 10.1. The van der Waals surface area contributed by atoms with Crippen LogP contribution in [-0.4, -0.2) is 174 Å². The van der Waals surface area contributed by atoms with E-state index in [0.29, 0.717) is 65.0 Å².